The Morgan fingerprint density at radius 1 is 1.10 bits per heavy atom. The van der Waals surface area contributed by atoms with Crippen LogP contribution in [0.3, 0.4) is 0 Å². The predicted molar refractivity (Wildman–Crippen MR) is 83.5 cm³/mol. The molecule has 4 nitrogen and oxygen atoms in total. The number of ether oxygens (including phenoxy) is 1. The highest BCUT2D eigenvalue weighted by Crippen LogP contribution is 2.20. The van der Waals surface area contributed by atoms with Crippen LogP contribution in [0.1, 0.15) is 6.42 Å². The first-order valence-electron chi connectivity index (χ1n) is 6.64. The summed E-state index contributed by atoms with van der Waals surface area (Å²) in [5, 5.41) is 0.823. The van der Waals surface area contributed by atoms with E-state index in [0.717, 1.165) is 16.2 Å². The number of H-pyrrole nitrogens is 1. The second kappa shape index (κ2) is 6.45. The molecule has 21 heavy (non-hydrogen) atoms. The largest absolute Gasteiger partial charge is 0.427 e. The zero-order chi connectivity index (χ0) is 14.5. The van der Waals surface area contributed by atoms with Gasteiger partial charge in [-0.3, -0.25) is 4.79 Å². The summed E-state index contributed by atoms with van der Waals surface area (Å²) in [6, 6.07) is 17.0. The molecule has 0 atom stereocenters. The van der Waals surface area contributed by atoms with Gasteiger partial charge in [0.1, 0.15) is 5.75 Å². The van der Waals surface area contributed by atoms with Crippen LogP contribution in [0.2, 0.25) is 0 Å². The average Bonchev–Trinajstić information content (AvgIpc) is 2.91. The number of nitrogens with one attached hydrogen (secondary N) is 1. The second-order valence-electron chi connectivity index (χ2n) is 4.44. The number of aromatic nitrogens is 2. The Morgan fingerprint density at radius 2 is 1.86 bits per heavy atom. The number of thioether (sulfide) groups is 1. The molecule has 0 aliphatic carbocycles. The Hall–Kier alpha value is -2.27. The fourth-order valence-corrected chi connectivity index (χ4v) is 2.71. The quantitative estimate of drug-likeness (QED) is 0.444. The molecule has 0 amide bonds. The Kier molecular flexibility index (Phi) is 4.21. The van der Waals surface area contributed by atoms with Crippen LogP contribution < -0.4 is 4.74 Å². The van der Waals surface area contributed by atoms with E-state index in [9.17, 15) is 4.79 Å². The van der Waals surface area contributed by atoms with E-state index in [0.29, 0.717) is 17.9 Å². The lowest BCUT2D eigenvalue weighted by atomic mass is 10.3. The van der Waals surface area contributed by atoms with Crippen molar-refractivity contribution in [2.45, 2.75) is 11.6 Å². The van der Waals surface area contributed by atoms with E-state index in [2.05, 4.69) is 9.97 Å². The zero-order valence-corrected chi connectivity index (χ0v) is 12.1. The van der Waals surface area contributed by atoms with Crippen molar-refractivity contribution in [3.63, 3.8) is 0 Å². The summed E-state index contributed by atoms with van der Waals surface area (Å²) in [6.45, 7) is 0. The first-order valence-corrected chi connectivity index (χ1v) is 7.63. The van der Waals surface area contributed by atoms with Gasteiger partial charge in [-0.05, 0) is 24.3 Å². The van der Waals surface area contributed by atoms with E-state index in [1.54, 1.807) is 12.1 Å². The number of rotatable bonds is 5. The molecule has 3 aromatic rings. The van der Waals surface area contributed by atoms with Gasteiger partial charge in [-0.15, -0.1) is 0 Å². The number of nitrogens with zero attached hydrogens (tertiary/aromatic N) is 1. The number of para-hydroxylation sites is 3. The number of hydrogen-bond donors (Lipinski definition) is 1. The van der Waals surface area contributed by atoms with Gasteiger partial charge < -0.3 is 9.72 Å². The molecule has 0 radical (unpaired) electrons. The van der Waals surface area contributed by atoms with Crippen LogP contribution in [0.4, 0.5) is 0 Å². The molecular formula is C16H14N2O2S. The fraction of sp³-hybridized carbons (Fsp3) is 0.125. The van der Waals surface area contributed by atoms with Gasteiger partial charge in [0.15, 0.2) is 5.16 Å². The maximum atomic E-state index is 11.7. The molecule has 106 valence electrons. The normalized spacial score (nSPS) is 10.7. The Labute approximate surface area is 126 Å². The van der Waals surface area contributed by atoms with E-state index in [1.807, 2.05) is 42.5 Å². The molecule has 0 saturated carbocycles. The monoisotopic (exact) mass is 298 g/mol. The molecule has 0 spiro atoms. The number of esters is 1. The molecule has 0 aliphatic heterocycles. The topological polar surface area (TPSA) is 55.0 Å². The van der Waals surface area contributed by atoms with Crippen molar-refractivity contribution in [2.75, 3.05) is 5.75 Å². The van der Waals surface area contributed by atoms with Crippen LogP contribution in [0, 0.1) is 0 Å². The summed E-state index contributed by atoms with van der Waals surface area (Å²) in [4.78, 5) is 19.4. The molecule has 3 rings (SSSR count). The smallest absolute Gasteiger partial charge is 0.312 e. The zero-order valence-electron chi connectivity index (χ0n) is 11.3. The van der Waals surface area contributed by atoms with Gasteiger partial charge in [0.25, 0.3) is 0 Å². The molecular weight excluding hydrogens is 284 g/mol. The third kappa shape index (κ3) is 3.64. The van der Waals surface area contributed by atoms with E-state index in [1.165, 1.54) is 11.8 Å². The van der Waals surface area contributed by atoms with Crippen molar-refractivity contribution in [1.29, 1.82) is 0 Å². The number of aromatic amines is 1. The van der Waals surface area contributed by atoms with Crippen LogP contribution in [0.25, 0.3) is 11.0 Å². The molecule has 0 bridgehead atoms. The number of benzene rings is 2. The highest BCUT2D eigenvalue weighted by atomic mass is 32.2. The van der Waals surface area contributed by atoms with Gasteiger partial charge in [-0.1, -0.05) is 42.1 Å². The average molecular weight is 298 g/mol. The van der Waals surface area contributed by atoms with E-state index in [-0.39, 0.29) is 5.97 Å². The van der Waals surface area contributed by atoms with Crippen LogP contribution in [0.15, 0.2) is 59.8 Å². The molecule has 1 heterocycles. The third-order valence-electron chi connectivity index (χ3n) is 2.89. The maximum Gasteiger partial charge on any atom is 0.312 e. The van der Waals surface area contributed by atoms with Crippen LogP contribution in [0.5, 0.6) is 5.75 Å². The van der Waals surface area contributed by atoms with E-state index < -0.39 is 0 Å². The van der Waals surface area contributed by atoms with Gasteiger partial charge in [0.2, 0.25) is 0 Å². The fourth-order valence-electron chi connectivity index (χ4n) is 1.90. The summed E-state index contributed by atoms with van der Waals surface area (Å²) in [5.74, 6) is 0.979. The van der Waals surface area contributed by atoms with Gasteiger partial charge in [-0.2, -0.15) is 0 Å². The van der Waals surface area contributed by atoms with Crippen LogP contribution in [-0.2, 0) is 4.79 Å². The van der Waals surface area contributed by atoms with Crippen LogP contribution in [-0.4, -0.2) is 21.7 Å². The minimum atomic E-state index is -0.232. The summed E-state index contributed by atoms with van der Waals surface area (Å²) in [6.07, 6.45) is 0.344. The number of hydrogen-bond acceptors (Lipinski definition) is 4. The highest BCUT2D eigenvalue weighted by molar-refractivity contribution is 7.99. The van der Waals surface area contributed by atoms with E-state index in [4.69, 9.17) is 4.74 Å². The van der Waals surface area contributed by atoms with Crippen molar-refractivity contribution < 1.29 is 9.53 Å². The number of imidazole rings is 1. The first-order chi connectivity index (χ1) is 10.3. The molecule has 1 N–H and O–H groups in total. The summed E-state index contributed by atoms with van der Waals surface area (Å²) >= 11 is 1.52. The summed E-state index contributed by atoms with van der Waals surface area (Å²) in [5.41, 5.74) is 1.94. The molecule has 5 heteroatoms. The first kappa shape index (κ1) is 13.7. The minimum Gasteiger partial charge on any atom is -0.427 e. The number of fused-ring (bicyclic) bond motifs is 1. The highest BCUT2D eigenvalue weighted by Gasteiger charge is 2.07. The van der Waals surface area contributed by atoms with Gasteiger partial charge in [-0.25, -0.2) is 4.98 Å². The summed E-state index contributed by atoms with van der Waals surface area (Å²) in [7, 11) is 0. The predicted octanol–water partition coefficient (Wildman–Crippen LogP) is 3.65. The van der Waals surface area contributed by atoms with Gasteiger partial charge in [0.05, 0.1) is 17.5 Å². The Morgan fingerprint density at radius 3 is 2.67 bits per heavy atom. The van der Waals surface area contributed by atoms with Crippen molar-refractivity contribution in [1.82, 2.24) is 9.97 Å². The summed E-state index contributed by atoms with van der Waals surface area (Å²) < 4.78 is 5.23. The van der Waals surface area contributed by atoms with E-state index >= 15 is 0 Å². The SMILES string of the molecule is O=C(CCSc1nc2ccccc2[nH]1)Oc1ccccc1. The molecule has 0 fully saturated rings. The molecule has 0 saturated heterocycles. The molecule has 2 aromatic carbocycles. The molecule has 1 aromatic heterocycles. The lowest BCUT2D eigenvalue weighted by molar-refractivity contribution is -0.133. The molecule has 0 aliphatic rings. The Bertz CT molecular complexity index is 707. The van der Waals surface area contributed by atoms with Crippen molar-refractivity contribution in [3.8, 4) is 5.75 Å². The molecule has 0 unspecified atom stereocenters. The minimum absolute atomic E-state index is 0.232. The standard InChI is InChI=1S/C16H14N2O2S/c19-15(20-12-6-2-1-3-7-12)10-11-21-16-17-13-8-4-5-9-14(13)18-16/h1-9H,10-11H2,(H,17,18). The third-order valence-corrected chi connectivity index (χ3v) is 3.76. The van der Waals surface area contributed by atoms with Crippen molar-refractivity contribution >= 4 is 28.8 Å². The second-order valence-corrected chi connectivity index (χ2v) is 5.53. The van der Waals surface area contributed by atoms with Crippen molar-refractivity contribution in [2.24, 2.45) is 0 Å². The maximum absolute atomic E-state index is 11.7. The lowest BCUT2D eigenvalue weighted by Gasteiger charge is -2.02. The number of carbonyl (C=O) groups excluding carboxylic acids is 1. The van der Waals surface area contributed by atoms with Gasteiger partial charge >= 0.3 is 5.97 Å². The van der Waals surface area contributed by atoms with Crippen molar-refractivity contribution in [3.05, 3.63) is 54.6 Å². The van der Waals surface area contributed by atoms with Crippen LogP contribution >= 0.6 is 11.8 Å². The Balaban J connectivity index is 1.50. The number of carbonyl (C=O) groups is 1. The lowest BCUT2D eigenvalue weighted by Crippen LogP contribution is -2.08. The van der Waals surface area contributed by atoms with Gasteiger partial charge in [0, 0.05) is 5.75 Å².